The number of thiazole rings is 1. The minimum atomic E-state index is -0.213. The van der Waals surface area contributed by atoms with Gasteiger partial charge in [-0.25, -0.2) is 4.98 Å². The number of amides is 1. The van der Waals surface area contributed by atoms with Crippen LogP contribution < -0.4 is 15.8 Å². The summed E-state index contributed by atoms with van der Waals surface area (Å²) >= 11 is 1.45. The molecule has 0 aliphatic carbocycles. The van der Waals surface area contributed by atoms with E-state index in [2.05, 4.69) is 17.2 Å². The summed E-state index contributed by atoms with van der Waals surface area (Å²) in [6, 6.07) is 7.34. The van der Waals surface area contributed by atoms with Crippen molar-refractivity contribution < 1.29 is 9.53 Å². The zero-order chi connectivity index (χ0) is 15.9. The third kappa shape index (κ3) is 4.54. The number of nitrogens with two attached hydrogens (primary N) is 1. The summed E-state index contributed by atoms with van der Waals surface area (Å²) in [6.45, 7) is 4.63. The van der Waals surface area contributed by atoms with Gasteiger partial charge >= 0.3 is 0 Å². The Bertz CT molecular complexity index is 610. The number of rotatable bonds is 7. The highest BCUT2D eigenvalue weighted by Gasteiger charge is 2.11. The second-order valence-electron chi connectivity index (χ2n) is 4.98. The van der Waals surface area contributed by atoms with Crippen molar-refractivity contribution in [1.29, 1.82) is 0 Å². The highest BCUT2D eigenvalue weighted by molar-refractivity contribution is 7.09. The SMILES string of the molecule is CCC(C)Oc1ccc(NC(=O)c2csc(CCN)n2)cc1. The van der Waals surface area contributed by atoms with E-state index in [-0.39, 0.29) is 12.0 Å². The highest BCUT2D eigenvalue weighted by Crippen LogP contribution is 2.19. The second-order valence-corrected chi connectivity index (χ2v) is 5.92. The van der Waals surface area contributed by atoms with Gasteiger partial charge in [0.15, 0.2) is 0 Å². The normalized spacial score (nSPS) is 12.0. The van der Waals surface area contributed by atoms with Crippen molar-refractivity contribution in [3.8, 4) is 5.75 Å². The topological polar surface area (TPSA) is 77.2 Å². The maximum absolute atomic E-state index is 12.1. The fourth-order valence-electron chi connectivity index (χ4n) is 1.78. The predicted molar refractivity (Wildman–Crippen MR) is 89.6 cm³/mol. The molecule has 2 aromatic rings. The molecule has 22 heavy (non-hydrogen) atoms. The summed E-state index contributed by atoms with van der Waals surface area (Å²) in [6.07, 6.45) is 1.82. The van der Waals surface area contributed by atoms with Crippen LogP contribution in [0.15, 0.2) is 29.6 Å². The van der Waals surface area contributed by atoms with Crippen LogP contribution in [0.3, 0.4) is 0 Å². The fourth-order valence-corrected chi connectivity index (χ4v) is 2.58. The maximum atomic E-state index is 12.1. The third-order valence-corrected chi connectivity index (χ3v) is 4.08. The van der Waals surface area contributed by atoms with Crippen LogP contribution in [0.4, 0.5) is 5.69 Å². The maximum Gasteiger partial charge on any atom is 0.275 e. The van der Waals surface area contributed by atoms with Gasteiger partial charge in [0.1, 0.15) is 11.4 Å². The molecule has 1 amide bonds. The summed E-state index contributed by atoms with van der Waals surface area (Å²) < 4.78 is 5.70. The molecule has 0 aliphatic rings. The van der Waals surface area contributed by atoms with E-state index in [9.17, 15) is 4.79 Å². The van der Waals surface area contributed by atoms with Gasteiger partial charge in [0.2, 0.25) is 0 Å². The number of hydrogen-bond donors (Lipinski definition) is 2. The smallest absolute Gasteiger partial charge is 0.275 e. The third-order valence-electron chi connectivity index (χ3n) is 3.17. The van der Waals surface area contributed by atoms with Crippen molar-refractivity contribution in [2.24, 2.45) is 5.73 Å². The van der Waals surface area contributed by atoms with E-state index in [1.807, 2.05) is 31.2 Å². The number of aromatic nitrogens is 1. The van der Waals surface area contributed by atoms with Gasteiger partial charge in [-0.2, -0.15) is 0 Å². The molecule has 0 bridgehead atoms. The van der Waals surface area contributed by atoms with Crippen LogP contribution in [0.1, 0.15) is 35.8 Å². The standard InChI is InChI=1S/C16H21N3O2S/c1-3-11(2)21-13-6-4-12(5-7-13)18-16(20)14-10-22-15(19-14)8-9-17/h4-7,10-11H,3,8-9,17H2,1-2H3,(H,18,20). The Labute approximate surface area is 134 Å². The van der Waals surface area contributed by atoms with Gasteiger partial charge in [-0.1, -0.05) is 6.92 Å². The molecule has 0 spiro atoms. The highest BCUT2D eigenvalue weighted by atomic mass is 32.1. The average Bonchev–Trinajstić information content (AvgIpc) is 2.98. The molecule has 1 atom stereocenters. The second kappa shape index (κ2) is 7.91. The molecular formula is C16H21N3O2S. The number of nitrogens with zero attached hydrogens (tertiary/aromatic N) is 1. The van der Waals surface area contributed by atoms with Crippen LogP contribution >= 0.6 is 11.3 Å². The molecule has 0 saturated carbocycles. The quantitative estimate of drug-likeness (QED) is 0.822. The van der Waals surface area contributed by atoms with Crippen molar-refractivity contribution in [3.63, 3.8) is 0 Å². The zero-order valence-electron chi connectivity index (χ0n) is 12.8. The Hall–Kier alpha value is -1.92. The van der Waals surface area contributed by atoms with Crippen molar-refractivity contribution in [2.75, 3.05) is 11.9 Å². The summed E-state index contributed by atoms with van der Waals surface area (Å²) in [5.74, 6) is 0.585. The Morgan fingerprint density at radius 2 is 2.14 bits per heavy atom. The molecule has 1 unspecified atom stereocenters. The van der Waals surface area contributed by atoms with Crippen LogP contribution in [0, 0.1) is 0 Å². The molecule has 0 aliphatic heterocycles. The minimum absolute atomic E-state index is 0.177. The first-order chi connectivity index (χ1) is 10.6. The van der Waals surface area contributed by atoms with E-state index in [4.69, 9.17) is 10.5 Å². The van der Waals surface area contributed by atoms with E-state index >= 15 is 0 Å². The van der Waals surface area contributed by atoms with Crippen molar-refractivity contribution >= 4 is 22.9 Å². The van der Waals surface area contributed by atoms with E-state index in [1.54, 1.807) is 5.38 Å². The molecule has 2 rings (SSSR count). The number of carbonyl (C=O) groups is 1. The van der Waals surface area contributed by atoms with Gasteiger partial charge in [-0.05, 0) is 44.2 Å². The van der Waals surface area contributed by atoms with Crippen LogP contribution in [-0.4, -0.2) is 23.5 Å². The predicted octanol–water partition coefficient (Wildman–Crippen LogP) is 3.07. The molecule has 0 saturated heterocycles. The van der Waals surface area contributed by atoms with Gasteiger partial charge in [-0.3, -0.25) is 4.79 Å². The first-order valence-corrected chi connectivity index (χ1v) is 8.23. The van der Waals surface area contributed by atoms with Crippen molar-refractivity contribution in [2.45, 2.75) is 32.8 Å². The number of hydrogen-bond acceptors (Lipinski definition) is 5. The molecule has 1 aromatic carbocycles. The van der Waals surface area contributed by atoms with E-state index in [0.29, 0.717) is 18.7 Å². The molecule has 1 heterocycles. The van der Waals surface area contributed by atoms with Gasteiger partial charge in [-0.15, -0.1) is 11.3 Å². The molecule has 0 radical (unpaired) electrons. The Morgan fingerprint density at radius 3 is 2.77 bits per heavy atom. The van der Waals surface area contributed by atoms with Gasteiger partial charge in [0, 0.05) is 17.5 Å². The molecular weight excluding hydrogens is 298 g/mol. The Kier molecular flexibility index (Phi) is 5.91. The molecule has 118 valence electrons. The summed E-state index contributed by atoms with van der Waals surface area (Å²) in [5.41, 5.74) is 6.62. The molecule has 1 aromatic heterocycles. The lowest BCUT2D eigenvalue weighted by atomic mass is 10.2. The monoisotopic (exact) mass is 319 g/mol. The summed E-state index contributed by atoms with van der Waals surface area (Å²) in [4.78, 5) is 16.4. The fraction of sp³-hybridized carbons (Fsp3) is 0.375. The number of carbonyl (C=O) groups excluding carboxylic acids is 1. The largest absolute Gasteiger partial charge is 0.491 e. The van der Waals surface area contributed by atoms with Gasteiger partial charge in [0.05, 0.1) is 11.1 Å². The molecule has 6 heteroatoms. The minimum Gasteiger partial charge on any atom is -0.491 e. The van der Waals surface area contributed by atoms with Crippen molar-refractivity contribution in [1.82, 2.24) is 4.98 Å². The van der Waals surface area contributed by atoms with Gasteiger partial charge in [0.25, 0.3) is 5.91 Å². The molecule has 5 nitrogen and oxygen atoms in total. The van der Waals surface area contributed by atoms with E-state index in [1.165, 1.54) is 11.3 Å². The lowest BCUT2D eigenvalue weighted by Gasteiger charge is -2.12. The molecule has 0 fully saturated rings. The summed E-state index contributed by atoms with van der Waals surface area (Å²) in [5, 5.41) is 5.46. The van der Waals surface area contributed by atoms with E-state index in [0.717, 1.165) is 22.9 Å². The van der Waals surface area contributed by atoms with Crippen LogP contribution in [-0.2, 0) is 6.42 Å². The Balaban J connectivity index is 1.96. The number of anilines is 1. The zero-order valence-corrected chi connectivity index (χ0v) is 13.7. The van der Waals surface area contributed by atoms with Crippen LogP contribution in [0.25, 0.3) is 0 Å². The molecule has 3 N–H and O–H groups in total. The first-order valence-electron chi connectivity index (χ1n) is 7.35. The van der Waals surface area contributed by atoms with Crippen LogP contribution in [0.2, 0.25) is 0 Å². The van der Waals surface area contributed by atoms with Gasteiger partial charge < -0.3 is 15.8 Å². The summed E-state index contributed by atoms with van der Waals surface area (Å²) in [7, 11) is 0. The number of ether oxygens (including phenoxy) is 1. The van der Waals surface area contributed by atoms with Crippen LogP contribution in [0.5, 0.6) is 5.75 Å². The Morgan fingerprint density at radius 1 is 1.41 bits per heavy atom. The lowest BCUT2D eigenvalue weighted by Crippen LogP contribution is -2.13. The first kappa shape index (κ1) is 16.5. The average molecular weight is 319 g/mol. The number of benzene rings is 1. The lowest BCUT2D eigenvalue weighted by molar-refractivity contribution is 0.102. The number of nitrogens with one attached hydrogen (secondary N) is 1. The van der Waals surface area contributed by atoms with Crippen molar-refractivity contribution in [3.05, 3.63) is 40.3 Å². The van der Waals surface area contributed by atoms with E-state index < -0.39 is 0 Å².